The highest BCUT2D eigenvalue weighted by molar-refractivity contribution is 8.00. The summed E-state index contributed by atoms with van der Waals surface area (Å²) in [7, 11) is 0. The Morgan fingerprint density at radius 3 is 2.88 bits per heavy atom. The minimum Gasteiger partial charge on any atom is -0.298 e. The lowest BCUT2D eigenvalue weighted by molar-refractivity contribution is -0.119. The number of carbonyl (C=O) groups is 1. The standard InChI is InChI=1S/C13H14OS2/c14-12-8-15-6-10(12)5-9-7-16-13-4-2-1-3-11(9)13/h1-4,9-10H,5-8H2. The number of hydrogen-bond donors (Lipinski definition) is 0. The molecule has 2 aliphatic rings. The predicted octanol–water partition coefficient (Wildman–Crippen LogP) is 3.20. The molecular formula is C13H14OS2. The number of Topliss-reactive ketones (excluding diaryl/α,β-unsaturated/α-hetero) is 1. The van der Waals surface area contributed by atoms with Crippen molar-refractivity contribution < 1.29 is 4.79 Å². The summed E-state index contributed by atoms with van der Waals surface area (Å²) in [6.07, 6.45) is 1.07. The van der Waals surface area contributed by atoms with E-state index in [2.05, 4.69) is 24.3 Å². The van der Waals surface area contributed by atoms with Gasteiger partial charge in [0.15, 0.2) is 0 Å². The Kier molecular flexibility index (Phi) is 2.99. The third kappa shape index (κ3) is 1.91. The normalized spacial score (nSPS) is 28.4. The van der Waals surface area contributed by atoms with Crippen molar-refractivity contribution in [2.75, 3.05) is 17.3 Å². The summed E-state index contributed by atoms with van der Waals surface area (Å²) in [6.45, 7) is 0. The topological polar surface area (TPSA) is 17.1 Å². The molecule has 1 fully saturated rings. The molecule has 3 heteroatoms. The summed E-state index contributed by atoms with van der Waals surface area (Å²) < 4.78 is 0. The first kappa shape index (κ1) is 10.7. The molecule has 16 heavy (non-hydrogen) atoms. The van der Waals surface area contributed by atoms with E-state index in [-0.39, 0.29) is 0 Å². The van der Waals surface area contributed by atoms with Crippen molar-refractivity contribution >= 4 is 29.3 Å². The number of rotatable bonds is 2. The van der Waals surface area contributed by atoms with Gasteiger partial charge in [0.25, 0.3) is 0 Å². The summed E-state index contributed by atoms with van der Waals surface area (Å²) in [5, 5.41) is 0. The van der Waals surface area contributed by atoms with Crippen molar-refractivity contribution in [3.63, 3.8) is 0 Å². The molecule has 0 spiro atoms. The molecule has 1 aromatic carbocycles. The number of fused-ring (bicyclic) bond motifs is 1. The fourth-order valence-corrected chi connectivity index (χ4v) is 4.91. The van der Waals surface area contributed by atoms with E-state index in [1.165, 1.54) is 10.5 Å². The van der Waals surface area contributed by atoms with E-state index in [1.54, 1.807) is 11.8 Å². The van der Waals surface area contributed by atoms with E-state index in [9.17, 15) is 4.79 Å². The van der Waals surface area contributed by atoms with Gasteiger partial charge in [-0.25, -0.2) is 0 Å². The Morgan fingerprint density at radius 1 is 1.19 bits per heavy atom. The zero-order valence-electron chi connectivity index (χ0n) is 9.02. The average Bonchev–Trinajstić information content (AvgIpc) is 2.88. The van der Waals surface area contributed by atoms with Crippen LogP contribution in [0.25, 0.3) is 0 Å². The van der Waals surface area contributed by atoms with Gasteiger partial charge < -0.3 is 0 Å². The van der Waals surface area contributed by atoms with Crippen LogP contribution in [0.5, 0.6) is 0 Å². The first-order chi connectivity index (χ1) is 7.84. The maximum atomic E-state index is 11.6. The number of carbonyl (C=O) groups excluding carboxylic acids is 1. The molecule has 0 radical (unpaired) electrons. The van der Waals surface area contributed by atoms with Crippen molar-refractivity contribution in [2.24, 2.45) is 5.92 Å². The summed E-state index contributed by atoms with van der Waals surface area (Å²) in [5.41, 5.74) is 1.47. The van der Waals surface area contributed by atoms with Gasteiger partial charge in [-0.15, -0.1) is 11.8 Å². The third-order valence-electron chi connectivity index (χ3n) is 3.39. The Labute approximate surface area is 104 Å². The van der Waals surface area contributed by atoms with E-state index in [0.717, 1.165) is 23.7 Å². The quantitative estimate of drug-likeness (QED) is 0.802. The summed E-state index contributed by atoms with van der Waals surface area (Å²) in [5.74, 6) is 4.34. The van der Waals surface area contributed by atoms with Crippen LogP contribution in [0.2, 0.25) is 0 Å². The van der Waals surface area contributed by atoms with Gasteiger partial charge >= 0.3 is 0 Å². The van der Waals surface area contributed by atoms with Gasteiger partial charge in [-0.05, 0) is 24.0 Å². The zero-order chi connectivity index (χ0) is 11.0. The van der Waals surface area contributed by atoms with Crippen molar-refractivity contribution in [2.45, 2.75) is 17.2 Å². The lowest BCUT2D eigenvalue weighted by Gasteiger charge is -2.14. The van der Waals surface area contributed by atoms with Gasteiger partial charge in [-0.3, -0.25) is 4.79 Å². The van der Waals surface area contributed by atoms with Gasteiger partial charge in [0.2, 0.25) is 0 Å². The van der Waals surface area contributed by atoms with E-state index < -0.39 is 0 Å². The molecule has 0 bridgehead atoms. The SMILES string of the molecule is O=C1CSCC1CC1CSc2ccccc21. The molecular weight excluding hydrogens is 236 g/mol. The van der Waals surface area contributed by atoms with Crippen LogP contribution in [-0.4, -0.2) is 23.0 Å². The summed E-state index contributed by atoms with van der Waals surface area (Å²) in [4.78, 5) is 13.1. The Balaban J connectivity index is 1.75. The largest absolute Gasteiger partial charge is 0.298 e. The Bertz CT molecular complexity index is 416. The second-order valence-corrected chi connectivity index (χ2v) is 6.55. The highest BCUT2D eigenvalue weighted by Gasteiger charge is 2.31. The molecule has 2 atom stereocenters. The molecule has 1 saturated heterocycles. The summed E-state index contributed by atoms with van der Waals surface area (Å²) >= 11 is 3.74. The first-order valence-corrected chi connectivity index (χ1v) is 7.81. The minimum atomic E-state index is 0.321. The Morgan fingerprint density at radius 2 is 2.06 bits per heavy atom. The van der Waals surface area contributed by atoms with Crippen LogP contribution in [0.1, 0.15) is 17.9 Å². The number of thioether (sulfide) groups is 2. The number of hydrogen-bond acceptors (Lipinski definition) is 3. The molecule has 84 valence electrons. The number of benzene rings is 1. The van der Waals surface area contributed by atoms with Crippen LogP contribution >= 0.6 is 23.5 Å². The van der Waals surface area contributed by atoms with Gasteiger partial charge in [0.1, 0.15) is 5.78 Å². The van der Waals surface area contributed by atoms with Gasteiger partial charge in [0.05, 0.1) is 5.75 Å². The molecule has 0 saturated carbocycles. The van der Waals surface area contributed by atoms with Crippen LogP contribution in [0.3, 0.4) is 0 Å². The molecule has 2 unspecified atom stereocenters. The van der Waals surface area contributed by atoms with E-state index in [4.69, 9.17) is 0 Å². The van der Waals surface area contributed by atoms with E-state index in [1.807, 2.05) is 11.8 Å². The fourth-order valence-electron chi connectivity index (χ4n) is 2.48. The van der Waals surface area contributed by atoms with Crippen molar-refractivity contribution in [3.05, 3.63) is 29.8 Å². The van der Waals surface area contributed by atoms with E-state index in [0.29, 0.717) is 17.6 Å². The van der Waals surface area contributed by atoms with Crippen molar-refractivity contribution in [1.29, 1.82) is 0 Å². The highest BCUT2D eigenvalue weighted by atomic mass is 32.2. The lowest BCUT2D eigenvalue weighted by Crippen LogP contribution is -2.15. The lowest BCUT2D eigenvalue weighted by atomic mass is 9.89. The average molecular weight is 250 g/mol. The minimum absolute atomic E-state index is 0.321. The van der Waals surface area contributed by atoms with Crippen LogP contribution in [0, 0.1) is 5.92 Å². The molecule has 0 aliphatic carbocycles. The Hall–Kier alpha value is -0.410. The monoisotopic (exact) mass is 250 g/mol. The molecule has 1 nitrogen and oxygen atoms in total. The maximum Gasteiger partial charge on any atom is 0.146 e. The maximum absolute atomic E-state index is 11.6. The van der Waals surface area contributed by atoms with Crippen LogP contribution in [-0.2, 0) is 4.79 Å². The van der Waals surface area contributed by atoms with Crippen molar-refractivity contribution in [3.8, 4) is 0 Å². The molecule has 0 aromatic heterocycles. The van der Waals surface area contributed by atoms with Crippen LogP contribution < -0.4 is 0 Å². The van der Waals surface area contributed by atoms with Gasteiger partial charge in [-0.2, -0.15) is 11.8 Å². The zero-order valence-corrected chi connectivity index (χ0v) is 10.7. The predicted molar refractivity (Wildman–Crippen MR) is 70.3 cm³/mol. The molecule has 2 aliphatic heterocycles. The molecule has 1 aromatic rings. The smallest absolute Gasteiger partial charge is 0.146 e. The van der Waals surface area contributed by atoms with Gasteiger partial charge in [-0.1, -0.05) is 18.2 Å². The van der Waals surface area contributed by atoms with Crippen molar-refractivity contribution in [1.82, 2.24) is 0 Å². The highest BCUT2D eigenvalue weighted by Crippen LogP contribution is 2.43. The number of ketones is 1. The molecule has 2 heterocycles. The first-order valence-electron chi connectivity index (χ1n) is 5.67. The van der Waals surface area contributed by atoms with Gasteiger partial charge in [0, 0.05) is 22.3 Å². The van der Waals surface area contributed by atoms with E-state index >= 15 is 0 Å². The van der Waals surface area contributed by atoms with Crippen LogP contribution in [0.4, 0.5) is 0 Å². The molecule has 0 N–H and O–H groups in total. The molecule has 3 rings (SSSR count). The van der Waals surface area contributed by atoms with Crippen LogP contribution in [0.15, 0.2) is 29.2 Å². The second kappa shape index (κ2) is 4.46. The molecule has 0 amide bonds. The fraction of sp³-hybridized carbons (Fsp3) is 0.462. The second-order valence-electron chi connectivity index (χ2n) is 4.46. The third-order valence-corrected chi connectivity index (χ3v) is 5.77. The summed E-state index contributed by atoms with van der Waals surface area (Å²) in [6, 6.07) is 8.64.